The summed E-state index contributed by atoms with van der Waals surface area (Å²) in [5, 5.41) is 3.12. The van der Waals surface area contributed by atoms with Crippen molar-refractivity contribution in [1.29, 1.82) is 0 Å². The Balaban J connectivity index is 2.10. The van der Waals surface area contributed by atoms with Crippen molar-refractivity contribution in [3.8, 4) is 0 Å². The number of carbonyl (C=O) groups is 1. The fourth-order valence-electron chi connectivity index (χ4n) is 2.45. The SMILES string of the molecule is CNC[C@@H]1CCN(C(=O)c2cc(C)ccc2F)C1. The van der Waals surface area contributed by atoms with Crippen LogP contribution in [0.4, 0.5) is 4.39 Å². The second-order valence-electron chi connectivity index (χ2n) is 4.95. The van der Waals surface area contributed by atoms with Gasteiger partial charge in [0, 0.05) is 13.1 Å². The maximum atomic E-state index is 13.7. The molecule has 1 heterocycles. The molecule has 18 heavy (non-hydrogen) atoms. The standard InChI is InChI=1S/C14H19FN2O/c1-10-3-4-13(15)12(7-10)14(18)17-6-5-11(9-17)8-16-2/h3-4,7,11,16H,5-6,8-9H2,1-2H3/t11-/m0/s1. The molecule has 1 N–H and O–H groups in total. The van der Waals surface area contributed by atoms with Crippen molar-refractivity contribution in [2.24, 2.45) is 5.92 Å². The first-order chi connectivity index (χ1) is 8.61. The lowest BCUT2D eigenvalue weighted by Gasteiger charge is -2.17. The molecule has 0 aromatic heterocycles. The third-order valence-electron chi connectivity index (χ3n) is 3.42. The summed E-state index contributed by atoms with van der Waals surface area (Å²) in [7, 11) is 1.91. The van der Waals surface area contributed by atoms with Gasteiger partial charge in [-0.3, -0.25) is 4.79 Å². The summed E-state index contributed by atoms with van der Waals surface area (Å²) < 4.78 is 13.7. The van der Waals surface area contributed by atoms with Gasteiger partial charge in [-0.15, -0.1) is 0 Å². The Morgan fingerprint density at radius 3 is 3.06 bits per heavy atom. The fraction of sp³-hybridized carbons (Fsp3) is 0.500. The van der Waals surface area contributed by atoms with E-state index < -0.39 is 5.82 Å². The summed E-state index contributed by atoms with van der Waals surface area (Å²) in [5.74, 6) is -0.135. The van der Waals surface area contributed by atoms with Crippen LogP contribution in [-0.2, 0) is 0 Å². The number of amides is 1. The van der Waals surface area contributed by atoms with Crippen LogP contribution in [0.2, 0.25) is 0 Å². The van der Waals surface area contributed by atoms with Crippen molar-refractivity contribution in [2.45, 2.75) is 13.3 Å². The minimum Gasteiger partial charge on any atom is -0.338 e. The minimum absolute atomic E-state index is 0.185. The lowest BCUT2D eigenvalue weighted by molar-refractivity contribution is 0.0782. The normalized spacial score (nSPS) is 19.3. The smallest absolute Gasteiger partial charge is 0.256 e. The van der Waals surface area contributed by atoms with Gasteiger partial charge in [0.15, 0.2) is 0 Å². The van der Waals surface area contributed by atoms with Gasteiger partial charge >= 0.3 is 0 Å². The maximum absolute atomic E-state index is 13.7. The Hall–Kier alpha value is -1.42. The molecule has 0 spiro atoms. The number of hydrogen-bond donors (Lipinski definition) is 1. The Bertz CT molecular complexity index is 447. The number of aryl methyl sites for hydroxylation is 1. The van der Waals surface area contributed by atoms with E-state index >= 15 is 0 Å². The van der Waals surface area contributed by atoms with Crippen molar-refractivity contribution in [3.63, 3.8) is 0 Å². The lowest BCUT2D eigenvalue weighted by Crippen LogP contribution is -2.31. The van der Waals surface area contributed by atoms with Crippen LogP contribution in [0.1, 0.15) is 22.3 Å². The number of likely N-dealkylation sites (tertiary alicyclic amines) is 1. The number of carbonyl (C=O) groups excluding carboxylic acids is 1. The van der Waals surface area contributed by atoms with E-state index in [1.54, 1.807) is 17.0 Å². The number of benzene rings is 1. The van der Waals surface area contributed by atoms with Crippen LogP contribution in [0, 0.1) is 18.7 Å². The van der Waals surface area contributed by atoms with E-state index in [-0.39, 0.29) is 11.5 Å². The topological polar surface area (TPSA) is 32.3 Å². The van der Waals surface area contributed by atoms with Crippen LogP contribution in [0.5, 0.6) is 0 Å². The molecule has 98 valence electrons. The van der Waals surface area contributed by atoms with Crippen molar-refractivity contribution in [3.05, 3.63) is 35.1 Å². The molecule has 4 heteroatoms. The number of nitrogens with zero attached hydrogens (tertiary/aromatic N) is 1. The molecule has 0 saturated carbocycles. The molecule has 0 radical (unpaired) electrons. The fourth-order valence-corrected chi connectivity index (χ4v) is 2.45. The first kappa shape index (κ1) is 13.0. The molecule has 1 amide bonds. The molecule has 1 aromatic rings. The third kappa shape index (κ3) is 2.70. The third-order valence-corrected chi connectivity index (χ3v) is 3.42. The largest absolute Gasteiger partial charge is 0.338 e. The van der Waals surface area contributed by atoms with Crippen LogP contribution in [0.25, 0.3) is 0 Å². The molecule has 1 fully saturated rings. The summed E-state index contributed by atoms with van der Waals surface area (Å²) in [6, 6.07) is 4.67. The van der Waals surface area contributed by atoms with Crippen LogP contribution >= 0.6 is 0 Å². The van der Waals surface area contributed by atoms with Crippen molar-refractivity contribution in [1.82, 2.24) is 10.2 Å². The molecule has 3 nitrogen and oxygen atoms in total. The number of hydrogen-bond acceptors (Lipinski definition) is 2. The van der Waals surface area contributed by atoms with E-state index in [9.17, 15) is 9.18 Å². The molecule has 1 saturated heterocycles. The Morgan fingerprint density at radius 2 is 2.33 bits per heavy atom. The van der Waals surface area contributed by atoms with E-state index in [4.69, 9.17) is 0 Å². The summed E-state index contributed by atoms with van der Waals surface area (Å²) in [6.45, 7) is 4.20. The highest BCUT2D eigenvalue weighted by atomic mass is 19.1. The molecular weight excluding hydrogens is 231 g/mol. The van der Waals surface area contributed by atoms with Gasteiger partial charge in [-0.1, -0.05) is 11.6 Å². The second kappa shape index (κ2) is 5.48. The zero-order valence-corrected chi connectivity index (χ0v) is 10.9. The predicted molar refractivity (Wildman–Crippen MR) is 69.1 cm³/mol. The van der Waals surface area contributed by atoms with Crippen LogP contribution in [-0.4, -0.2) is 37.5 Å². The maximum Gasteiger partial charge on any atom is 0.256 e. The summed E-state index contributed by atoms with van der Waals surface area (Å²) in [4.78, 5) is 14.0. The zero-order chi connectivity index (χ0) is 13.1. The highest BCUT2D eigenvalue weighted by Gasteiger charge is 2.27. The molecule has 1 aliphatic rings. The van der Waals surface area contributed by atoms with E-state index in [0.29, 0.717) is 12.5 Å². The molecule has 0 aliphatic carbocycles. The van der Waals surface area contributed by atoms with Crippen LogP contribution < -0.4 is 5.32 Å². The Labute approximate surface area is 107 Å². The van der Waals surface area contributed by atoms with Gasteiger partial charge in [0.25, 0.3) is 5.91 Å². The molecule has 0 unspecified atom stereocenters. The van der Waals surface area contributed by atoms with Gasteiger partial charge in [-0.05, 0) is 45.0 Å². The number of halogens is 1. The van der Waals surface area contributed by atoms with E-state index in [1.165, 1.54) is 6.07 Å². The van der Waals surface area contributed by atoms with Crippen molar-refractivity contribution < 1.29 is 9.18 Å². The molecule has 1 aliphatic heterocycles. The number of nitrogens with one attached hydrogen (secondary N) is 1. The van der Waals surface area contributed by atoms with Gasteiger partial charge in [0.05, 0.1) is 5.56 Å². The number of rotatable bonds is 3. The first-order valence-corrected chi connectivity index (χ1v) is 6.32. The highest BCUT2D eigenvalue weighted by molar-refractivity contribution is 5.94. The van der Waals surface area contributed by atoms with Gasteiger partial charge in [0.2, 0.25) is 0 Å². The van der Waals surface area contributed by atoms with Crippen molar-refractivity contribution in [2.75, 3.05) is 26.7 Å². The van der Waals surface area contributed by atoms with E-state index in [0.717, 1.165) is 25.1 Å². The zero-order valence-electron chi connectivity index (χ0n) is 10.9. The quantitative estimate of drug-likeness (QED) is 0.887. The van der Waals surface area contributed by atoms with Gasteiger partial charge < -0.3 is 10.2 Å². The van der Waals surface area contributed by atoms with Crippen LogP contribution in [0.15, 0.2) is 18.2 Å². The molecule has 1 aromatic carbocycles. The van der Waals surface area contributed by atoms with Crippen molar-refractivity contribution >= 4 is 5.91 Å². The first-order valence-electron chi connectivity index (χ1n) is 6.32. The van der Waals surface area contributed by atoms with Gasteiger partial charge in [-0.25, -0.2) is 4.39 Å². The minimum atomic E-state index is -0.428. The average Bonchev–Trinajstić information content (AvgIpc) is 2.80. The monoisotopic (exact) mass is 250 g/mol. The predicted octanol–water partition coefficient (Wildman–Crippen LogP) is 1.82. The van der Waals surface area contributed by atoms with E-state index in [2.05, 4.69) is 5.32 Å². The Kier molecular flexibility index (Phi) is 3.97. The van der Waals surface area contributed by atoms with Gasteiger partial charge in [-0.2, -0.15) is 0 Å². The van der Waals surface area contributed by atoms with E-state index in [1.807, 2.05) is 14.0 Å². The second-order valence-corrected chi connectivity index (χ2v) is 4.95. The molecular formula is C14H19FN2O. The van der Waals surface area contributed by atoms with Crippen LogP contribution in [0.3, 0.4) is 0 Å². The summed E-state index contributed by atoms with van der Waals surface area (Å²) >= 11 is 0. The molecule has 0 bridgehead atoms. The highest BCUT2D eigenvalue weighted by Crippen LogP contribution is 2.20. The summed E-state index contributed by atoms with van der Waals surface area (Å²) in [5.41, 5.74) is 1.10. The summed E-state index contributed by atoms with van der Waals surface area (Å²) in [6.07, 6.45) is 0.986. The lowest BCUT2D eigenvalue weighted by atomic mass is 10.1. The average molecular weight is 250 g/mol. The Morgan fingerprint density at radius 1 is 1.56 bits per heavy atom. The van der Waals surface area contributed by atoms with Gasteiger partial charge in [0.1, 0.15) is 5.82 Å². The molecule has 2 rings (SSSR count). The molecule has 1 atom stereocenters.